The molecule has 28 heavy (non-hydrogen) atoms. The highest BCUT2D eigenvalue weighted by atomic mass is 32.1. The normalized spacial score (nSPS) is 10.8. The number of amides is 1. The number of carbonyl (C=O) groups excluding carboxylic acids is 1. The fourth-order valence-electron chi connectivity index (χ4n) is 2.82. The highest BCUT2D eigenvalue weighted by Crippen LogP contribution is 2.28. The first-order valence-electron chi connectivity index (χ1n) is 8.62. The summed E-state index contributed by atoms with van der Waals surface area (Å²) >= 11 is 1.41. The first-order valence-corrected chi connectivity index (χ1v) is 9.50. The van der Waals surface area contributed by atoms with Gasteiger partial charge in [0.2, 0.25) is 5.13 Å². The van der Waals surface area contributed by atoms with Gasteiger partial charge in [-0.1, -0.05) is 29.8 Å². The second-order valence-electron chi connectivity index (χ2n) is 6.30. The SMILES string of the molecule is COc1ccc(-c2cc(C(N)=O)n(-c3nc(-c4ccc(C)cc4)cs3)n2)cc1. The van der Waals surface area contributed by atoms with E-state index in [2.05, 4.69) is 10.1 Å². The molecule has 0 aliphatic carbocycles. The Hall–Kier alpha value is -3.45. The van der Waals surface area contributed by atoms with Gasteiger partial charge in [-0.05, 0) is 37.3 Å². The predicted molar refractivity (Wildman–Crippen MR) is 110 cm³/mol. The zero-order valence-corrected chi connectivity index (χ0v) is 16.2. The Kier molecular flexibility index (Phi) is 4.67. The number of benzene rings is 2. The number of methoxy groups -OCH3 is 1. The number of ether oxygens (including phenoxy) is 1. The minimum atomic E-state index is -0.556. The van der Waals surface area contributed by atoms with Gasteiger partial charge in [0.05, 0.1) is 18.5 Å². The summed E-state index contributed by atoms with van der Waals surface area (Å²) in [5.41, 5.74) is 10.4. The third kappa shape index (κ3) is 3.39. The van der Waals surface area contributed by atoms with Crippen molar-refractivity contribution in [3.63, 3.8) is 0 Å². The van der Waals surface area contributed by atoms with Crippen LogP contribution in [0.25, 0.3) is 27.6 Å². The summed E-state index contributed by atoms with van der Waals surface area (Å²) in [6, 6.07) is 17.3. The molecule has 6 nitrogen and oxygen atoms in total. The Labute approximate surface area is 166 Å². The third-order valence-electron chi connectivity index (χ3n) is 4.37. The second-order valence-corrected chi connectivity index (χ2v) is 7.14. The van der Waals surface area contributed by atoms with Crippen LogP contribution < -0.4 is 10.5 Å². The predicted octanol–water partition coefficient (Wildman–Crippen LogP) is 4.08. The van der Waals surface area contributed by atoms with Crippen molar-refractivity contribution in [3.05, 3.63) is 71.2 Å². The fraction of sp³-hybridized carbons (Fsp3) is 0.0952. The zero-order valence-electron chi connectivity index (χ0n) is 15.4. The number of carbonyl (C=O) groups is 1. The van der Waals surface area contributed by atoms with Crippen LogP contribution in [-0.2, 0) is 0 Å². The fourth-order valence-corrected chi connectivity index (χ4v) is 3.62. The Morgan fingerprint density at radius 1 is 1.04 bits per heavy atom. The summed E-state index contributed by atoms with van der Waals surface area (Å²) in [4.78, 5) is 16.6. The maximum atomic E-state index is 12.0. The highest BCUT2D eigenvalue weighted by Gasteiger charge is 2.18. The largest absolute Gasteiger partial charge is 0.497 e. The minimum absolute atomic E-state index is 0.288. The molecule has 4 rings (SSSR count). The van der Waals surface area contributed by atoms with Crippen LogP contribution in [0.1, 0.15) is 16.1 Å². The highest BCUT2D eigenvalue weighted by molar-refractivity contribution is 7.12. The summed E-state index contributed by atoms with van der Waals surface area (Å²) in [5.74, 6) is 0.195. The van der Waals surface area contributed by atoms with Crippen LogP contribution in [0.4, 0.5) is 0 Å². The molecule has 1 amide bonds. The number of rotatable bonds is 5. The van der Waals surface area contributed by atoms with E-state index in [1.165, 1.54) is 21.6 Å². The van der Waals surface area contributed by atoms with E-state index in [-0.39, 0.29) is 5.69 Å². The van der Waals surface area contributed by atoms with E-state index in [1.807, 2.05) is 60.8 Å². The molecule has 0 unspecified atom stereocenters. The zero-order chi connectivity index (χ0) is 19.7. The molecule has 7 heteroatoms. The van der Waals surface area contributed by atoms with Gasteiger partial charge >= 0.3 is 0 Å². The van der Waals surface area contributed by atoms with Gasteiger partial charge in [-0.25, -0.2) is 4.98 Å². The van der Waals surface area contributed by atoms with Gasteiger partial charge in [0, 0.05) is 16.5 Å². The molecule has 0 saturated carbocycles. The number of hydrogen-bond donors (Lipinski definition) is 1. The smallest absolute Gasteiger partial charge is 0.267 e. The maximum Gasteiger partial charge on any atom is 0.267 e. The molecule has 0 aliphatic heterocycles. The molecule has 0 saturated heterocycles. The van der Waals surface area contributed by atoms with E-state index in [9.17, 15) is 4.79 Å². The summed E-state index contributed by atoms with van der Waals surface area (Å²) in [7, 11) is 1.61. The van der Waals surface area contributed by atoms with Crippen molar-refractivity contribution < 1.29 is 9.53 Å². The number of primary amides is 1. The Balaban J connectivity index is 1.73. The first kappa shape index (κ1) is 17.9. The maximum absolute atomic E-state index is 12.0. The number of nitrogens with two attached hydrogens (primary N) is 1. The molecule has 0 aliphatic rings. The summed E-state index contributed by atoms with van der Waals surface area (Å²) < 4.78 is 6.69. The average Bonchev–Trinajstić information content (AvgIpc) is 3.36. The van der Waals surface area contributed by atoms with E-state index >= 15 is 0 Å². The minimum Gasteiger partial charge on any atom is -0.497 e. The number of nitrogens with zero attached hydrogens (tertiary/aromatic N) is 3. The van der Waals surface area contributed by atoms with Crippen LogP contribution in [0.5, 0.6) is 5.75 Å². The summed E-state index contributed by atoms with van der Waals surface area (Å²) in [5, 5.41) is 7.10. The van der Waals surface area contributed by atoms with Gasteiger partial charge < -0.3 is 10.5 Å². The van der Waals surface area contributed by atoms with E-state index in [0.717, 1.165) is 22.6 Å². The van der Waals surface area contributed by atoms with Gasteiger partial charge in [-0.3, -0.25) is 4.79 Å². The van der Waals surface area contributed by atoms with Gasteiger partial charge in [-0.2, -0.15) is 9.78 Å². The Bertz CT molecular complexity index is 1130. The number of aryl methyl sites for hydroxylation is 1. The molecule has 0 atom stereocenters. The Morgan fingerprint density at radius 3 is 2.32 bits per heavy atom. The standard InChI is InChI=1S/C21H18N4O2S/c1-13-3-5-15(6-4-13)18-12-28-21(23-18)25-19(20(22)26)11-17(24-25)14-7-9-16(27-2)10-8-14/h3-12H,1-2H3,(H2,22,26). The molecule has 0 spiro atoms. The Morgan fingerprint density at radius 2 is 1.68 bits per heavy atom. The first-order chi connectivity index (χ1) is 13.5. The monoisotopic (exact) mass is 390 g/mol. The topological polar surface area (TPSA) is 83.0 Å². The molecule has 4 aromatic rings. The van der Waals surface area contributed by atoms with Crippen molar-refractivity contribution in [2.45, 2.75) is 6.92 Å². The van der Waals surface area contributed by atoms with Crippen LogP contribution in [-0.4, -0.2) is 27.8 Å². The van der Waals surface area contributed by atoms with Crippen LogP contribution in [0.3, 0.4) is 0 Å². The molecule has 2 aromatic carbocycles. The lowest BCUT2D eigenvalue weighted by Gasteiger charge is -2.01. The molecule has 0 fully saturated rings. The molecule has 0 radical (unpaired) electrons. The van der Waals surface area contributed by atoms with Crippen molar-refractivity contribution in [3.8, 4) is 33.4 Å². The quantitative estimate of drug-likeness (QED) is 0.557. The lowest BCUT2D eigenvalue weighted by Crippen LogP contribution is -2.16. The van der Waals surface area contributed by atoms with Gasteiger partial charge in [0.1, 0.15) is 11.4 Å². The molecular weight excluding hydrogens is 372 g/mol. The van der Waals surface area contributed by atoms with Gasteiger partial charge in [0.25, 0.3) is 5.91 Å². The number of hydrogen-bond acceptors (Lipinski definition) is 5. The van der Waals surface area contributed by atoms with E-state index < -0.39 is 5.91 Å². The summed E-state index contributed by atoms with van der Waals surface area (Å²) in [6.07, 6.45) is 0. The van der Waals surface area contributed by atoms with Gasteiger partial charge in [0.15, 0.2) is 0 Å². The summed E-state index contributed by atoms with van der Waals surface area (Å²) in [6.45, 7) is 2.04. The van der Waals surface area contributed by atoms with Crippen molar-refractivity contribution in [1.82, 2.24) is 14.8 Å². The van der Waals surface area contributed by atoms with Crippen molar-refractivity contribution in [2.24, 2.45) is 5.73 Å². The number of aromatic nitrogens is 3. The lowest BCUT2D eigenvalue weighted by molar-refractivity contribution is 0.0993. The second kappa shape index (κ2) is 7.28. The molecule has 2 heterocycles. The lowest BCUT2D eigenvalue weighted by atomic mass is 10.1. The van der Waals surface area contributed by atoms with Crippen molar-refractivity contribution >= 4 is 17.2 Å². The third-order valence-corrected chi connectivity index (χ3v) is 5.18. The van der Waals surface area contributed by atoms with Crippen molar-refractivity contribution in [2.75, 3.05) is 7.11 Å². The van der Waals surface area contributed by atoms with Crippen molar-refractivity contribution in [1.29, 1.82) is 0 Å². The van der Waals surface area contributed by atoms with E-state index in [0.29, 0.717) is 10.8 Å². The average molecular weight is 390 g/mol. The van der Waals surface area contributed by atoms with E-state index in [4.69, 9.17) is 10.5 Å². The molecule has 0 bridgehead atoms. The molecule has 2 aromatic heterocycles. The molecular formula is C21H18N4O2S. The van der Waals surface area contributed by atoms with Crippen LogP contribution in [0.2, 0.25) is 0 Å². The molecule has 2 N–H and O–H groups in total. The van der Waals surface area contributed by atoms with Crippen LogP contribution in [0.15, 0.2) is 60.0 Å². The number of thiazole rings is 1. The molecule has 140 valence electrons. The van der Waals surface area contributed by atoms with Crippen LogP contribution in [0, 0.1) is 6.92 Å². The van der Waals surface area contributed by atoms with Crippen LogP contribution >= 0.6 is 11.3 Å². The van der Waals surface area contributed by atoms with Gasteiger partial charge in [-0.15, -0.1) is 11.3 Å². The van der Waals surface area contributed by atoms with E-state index in [1.54, 1.807) is 13.2 Å².